The van der Waals surface area contributed by atoms with Crippen LogP contribution < -0.4 is 0 Å². The molecular weight excluding hydrogens is 412 g/mol. The maximum absolute atomic E-state index is 5.13. The van der Waals surface area contributed by atoms with Crippen molar-refractivity contribution in [2.24, 2.45) is 0 Å². The molecule has 1 nitrogen and oxygen atoms in total. The minimum Gasteiger partial charge on any atom is -0.472 e. The largest absolute Gasteiger partial charge is 0.472 e. The summed E-state index contributed by atoms with van der Waals surface area (Å²) >= 11 is 0. The van der Waals surface area contributed by atoms with Crippen molar-refractivity contribution in [1.82, 2.24) is 0 Å². The van der Waals surface area contributed by atoms with E-state index in [0.717, 1.165) is 32.1 Å². The Kier molecular flexibility index (Phi) is 17.0. The smallest absolute Gasteiger partial charge is 0.0934 e. The van der Waals surface area contributed by atoms with Crippen LogP contribution in [-0.2, 0) is 6.42 Å². The molecule has 1 aromatic heterocycles. The standard InChI is InChI=1S/C33H52O/c1-7-8-14-28(2)15-9-16-29(3)17-10-18-30(4)19-11-20-31(5)21-12-22-32(6)23-13-24-33-25-26-34-27-33/h15,17,19,21,23,25-27H,7-14,16,18,20,22,24H2,1-6H3. The van der Waals surface area contributed by atoms with Crippen molar-refractivity contribution in [2.45, 2.75) is 125 Å². The van der Waals surface area contributed by atoms with E-state index < -0.39 is 0 Å². The first-order valence-electron chi connectivity index (χ1n) is 13.7. The highest BCUT2D eigenvalue weighted by Crippen LogP contribution is 2.16. The highest BCUT2D eigenvalue weighted by atomic mass is 16.3. The second-order valence-electron chi connectivity index (χ2n) is 10.2. The Morgan fingerprint density at radius 2 is 1.03 bits per heavy atom. The number of hydrogen-bond donors (Lipinski definition) is 0. The van der Waals surface area contributed by atoms with E-state index >= 15 is 0 Å². The van der Waals surface area contributed by atoms with Crippen molar-refractivity contribution in [3.05, 3.63) is 82.4 Å². The molecule has 0 aromatic carbocycles. The van der Waals surface area contributed by atoms with Gasteiger partial charge in [-0.15, -0.1) is 0 Å². The van der Waals surface area contributed by atoms with E-state index in [-0.39, 0.29) is 0 Å². The number of allylic oxidation sites excluding steroid dienone is 10. The van der Waals surface area contributed by atoms with Crippen molar-refractivity contribution < 1.29 is 4.42 Å². The van der Waals surface area contributed by atoms with Gasteiger partial charge in [-0.2, -0.15) is 0 Å². The molecule has 0 spiro atoms. The van der Waals surface area contributed by atoms with Crippen LogP contribution >= 0.6 is 0 Å². The summed E-state index contributed by atoms with van der Waals surface area (Å²) in [6.45, 7) is 13.7. The summed E-state index contributed by atoms with van der Waals surface area (Å²) in [4.78, 5) is 0. The van der Waals surface area contributed by atoms with E-state index in [1.807, 2.05) is 6.26 Å². The van der Waals surface area contributed by atoms with Gasteiger partial charge in [0.25, 0.3) is 0 Å². The van der Waals surface area contributed by atoms with E-state index in [1.54, 1.807) is 11.8 Å². The first kappa shape index (κ1) is 30.0. The first-order chi connectivity index (χ1) is 16.4. The predicted molar refractivity (Wildman–Crippen MR) is 152 cm³/mol. The van der Waals surface area contributed by atoms with Crippen molar-refractivity contribution in [2.75, 3.05) is 0 Å². The van der Waals surface area contributed by atoms with Crippen LogP contribution in [0.4, 0.5) is 0 Å². The molecule has 1 heteroatoms. The minimum absolute atomic E-state index is 1.07. The zero-order chi connectivity index (χ0) is 25.0. The Morgan fingerprint density at radius 3 is 1.41 bits per heavy atom. The zero-order valence-electron chi connectivity index (χ0n) is 23.2. The summed E-state index contributed by atoms with van der Waals surface area (Å²) in [5.74, 6) is 0. The lowest BCUT2D eigenvalue weighted by Gasteiger charge is -2.04. The molecule has 0 bridgehead atoms. The highest BCUT2D eigenvalue weighted by Gasteiger charge is 1.96. The summed E-state index contributed by atoms with van der Waals surface area (Å²) < 4.78 is 5.13. The Labute approximate surface area is 211 Å². The van der Waals surface area contributed by atoms with Crippen LogP contribution in [0.1, 0.15) is 124 Å². The zero-order valence-corrected chi connectivity index (χ0v) is 23.2. The fourth-order valence-corrected chi connectivity index (χ4v) is 4.07. The molecule has 34 heavy (non-hydrogen) atoms. The number of unbranched alkanes of at least 4 members (excludes halogenated alkanes) is 1. The van der Waals surface area contributed by atoms with Gasteiger partial charge in [-0.1, -0.05) is 71.6 Å². The van der Waals surface area contributed by atoms with Crippen molar-refractivity contribution in [3.8, 4) is 0 Å². The quantitative estimate of drug-likeness (QED) is 0.197. The third-order valence-corrected chi connectivity index (χ3v) is 6.56. The van der Waals surface area contributed by atoms with Crippen LogP contribution in [0.3, 0.4) is 0 Å². The number of aryl methyl sites for hydroxylation is 1. The maximum Gasteiger partial charge on any atom is 0.0934 e. The Bertz CT molecular complexity index is 796. The maximum atomic E-state index is 5.13. The van der Waals surface area contributed by atoms with Gasteiger partial charge < -0.3 is 4.42 Å². The molecule has 0 radical (unpaired) electrons. The van der Waals surface area contributed by atoms with E-state index in [9.17, 15) is 0 Å². The van der Waals surface area contributed by atoms with E-state index in [2.05, 4.69) is 78.0 Å². The topological polar surface area (TPSA) is 13.1 Å². The molecule has 1 heterocycles. The number of hydrogen-bond acceptors (Lipinski definition) is 1. The third kappa shape index (κ3) is 16.6. The molecule has 190 valence electrons. The summed E-state index contributed by atoms with van der Waals surface area (Å²) in [5, 5.41) is 0. The van der Waals surface area contributed by atoms with E-state index in [1.165, 1.54) is 79.2 Å². The van der Waals surface area contributed by atoms with Crippen molar-refractivity contribution in [3.63, 3.8) is 0 Å². The lowest BCUT2D eigenvalue weighted by molar-refractivity contribution is 0.564. The van der Waals surface area contributed by atoms with Crippen molar-refractivity contribution in [1.29, 1.82) is 0 Å². The average Bonchev–Trinajstić information content (AvgIpc) is 3.31. The van der Waals surface area contributed by atoms with Crippen LogP contribution in [0.5, 0.6) is 0 Å². The summed E-state index contributed by atoms with van der Waals surface area (Å²) in [6, 6.07) is 2.05. The number of furan rings is 1. The molecule has 0 atom stereocenters. The second-order valence-corrected chi connectivity index (χ2v) is 10.2. The van der Waals surface area contributed by atoms with Gasteiger partial charge in [-0.3, -0.25) is 0 Å². The predicted octanol–water partition coefficient (Wildman–Crippen LogP) is 11.3. The van der Waals surface area contributed by atoms with Crippen LogP contribution in [0, 0.1) is 0 Å². The monoisotopic (exact) mass is 464 g/mol. The van der Waals surface area contributed by atoms with Gasteiger partial charge in [-0.05, 0) is 123 Å². The molecule has 1 aromatic rings. The number of rotatable bonds is 18. The SMILES string of the molecule is CCCCC(C)=CCCC(C)=CCCC(C)=CCCC(C)=CCCC(C)=CCCc1ccoc1. The van der Waals surface area contributed by atoms with Crippen LogP contribution in [-0.4, -0.2) is 0 Å². The Hall–Kier alpha value is -2.02. The van der Waals surface area contributed by atoms with Gasteiger partial charge in [0.2, 0.25) is 0 Å². The van der Waals surface area contributed by atoms with Gasteiger partial charge in [0.15, 0.2) is 0 Å². The normalized spacial score (nSPS) is 14.2. The van der Waals surface area contributed by atoms with Crippen LogP contribution in [0.15, 0.2) is 81.3 Å². The summed E-state index contributed by atoms with van der Waals surface area (Å²) in [5.41, 5.74) is 8.93. The summed E-state index contributed by atoms with van der Waals surface area (Å²) in [6.07, 6.45) is 31.2. The second kappa shape index (κ2) is 19.3. The fourth-order valence-electron chi connectivity index (χ4n) is 4.07. The Balaban J connectivity index is 2.18. The van der Waals surface area contributed by atoms with Gasteiger partial charge in [0, 0.05) is 0 Å². The van der Waals surface area contributed by atoms with Crippen molar-refractivity contribution >= 4 is 0 Å². The lowest BCUT2D eigenvalue weighted by Crippen LogP contribution is -1.84. The average molecular weight is 465 g/mol. The fraction of sp³-hybridized carbons (Fsp3) is 0.576. The molecular formula is C33H52O. The molecule has 1 rings (SSSR count). The van der Waals surface area contributed by atoms with Crippen LogP contribution in [0.2, 0.25) is 0 Å². The van der Waals surface area contributed by atoms with Gasteiger partial charge >= 0.3 is 0 Å². The molecule has 0 aliphatic heterocycles. The molecule has 0 N–H and O–H groups in total. The molecule has 0 amide bonds. The Morgan fingerprint density at radius 1 is 0.618 bits per heavy atom. The molecule has 0 fully saturated rings. The van der Waals surface area contributed by atoms with Gasteiger partial charge in [0.1, 0.15) is 0 Å². The molecule has 0 aliphatic rings. The van der Waals surface area contributed by atoms with Gasteiger partial charge in [-0.25, -0.2) is 0 Å². The molecule has 0 unspecified atom stereocenters. The third-order valence-electron chi connectivity index (χ3n) is 6.56. The lowest BCUT2D eigenvalue weighted by atomic mass is 10.0. The molecule has 0 saturated carbocycles. The summed E-state index contributed by atoms with van der Waals surface area (Å²) in [7, 11) is 0. The first-order valence-corrected chi connectivity index (χ1v) is 13.7. The minimum atomic E-state index is 1.07. The van der Waals surface area contributed by atoms with Gasteiger partial charge in [0.05, 0.1) is 12.5 Å². The molecule has 0 saturated heterocycles. The molecule has 0 aliphatic carbocycles. The van der Waals surface area contributed by atoms with Crippen LogP contribution in [0.25, 0.3) is 0 Å². The van der Waals surface area contributed by atoms with E-state index in [0.29, 0.717) is 0 Å². The highest BCUT2D eigenvalue weighted by molar-refractivity contribution is 5.10. The van der Waals surface area contributed by atoms with E-state index in [4.69, 9.17) is 4.42 Å².